The zero-order chi connectivity index (χ0) is 11.8. The van der Waals surface area contributed by atoms with Gasteiger partial charge in [-0.25, -0.2) is 4.39 Å². The van der Waals surface area contributed by atoms with Crippen molar-refractivity contribution in [1.29, 1.82) is 0 Å². The molecule has 0 saturated carbocycles. The van der Waals surface area contributed by atoms with Crippen molar-refractivity contribution in [1.82, 2.24) is 10.1 Å². The third-order valence-electron chi connectivity index (χ3n) is 2.36. The highest BCUT2D eigenvalue weighted by molar-refractivity contribution is 5.62. The Morgan fingerprint density at radius 1 is 1.35 bits per heavy atom. The van der Waals surface area contributed by atoms with E-state index in [4.69, 9.17) is 19.7 Å². The van der Waals surface area contributed by atoms with Crippen molar-refractivity contribution in [3.8, 4) is 22.9 Å². The lowest BCUT2D eigenvalue weighted by atomic mass is 10.2. The molecule has 0 fully saturated rings. The first-order valence-corrected chi connectivity index (χ1v) is 4.90. The first-order chi connectivity index (χ1) is 8.29. The summed E-state index contributed by atoms with van der Waals surface area (Å²) in [5.41, 5.74) is 5.53. The average molecular weight is 237 g/mol. The molecule has 7 heteroatoms. The SMILES string of the molecule is NCc1nc(-c2ccc3c(c2F)OCO3)no1. The minimum Gasteiger partial charge on any atom is -0.453 e. The maximum Gasteiger partial charge on any atom is 0.240 e. The number of rotatable bonds is 2. The van der Waals surface area contributed by atoms with Gasteiger partial charge in [-0.15, -0.1) is 0 Å². The molecular formula is C10H8FN3O3. The minimum atomic E-state index is -0.565. The van der Waals surface area contributed by atoms with E-state index in [-0.39, 0.29) is 36.4 Å². The number of nitrogens with two attached hydrogens (primary N) is 1. The van der Waals surface area contributed by atoms with Gasteiger partial charge in [-0.05, 0) is 12.1 Å². The summed E-state index contributed by atoms with van der Waals surface area (Å²) in [7, 11) is 0. The Balaban J connectivity index is 2.09. The largest absolute Gasteiger partial charge is 0.453 e. The van der Waals surface area contributed by atoms with Crippen LogP contribution < -0.4 is 15.2 Å². The topological polar surface area (TPSA) is 83.4 Å². The van der Waals surface area contributed by atoms with Crippen molar-refractivity contribution < 1.29 is 18.4 Å². The molecule has 0 radical (unpaired) electrons. The number of halogens is 1. The van der Waals surface area contributed by atoms with E-state index in [9.17, 15) is 4.39 Å². The Kier molecular flexibility index (Phi) is 2.19. The van der Waals surface area contributed by atoms with Gasteiger partial charge in [0, 0.05) is 0 Å². The van der Waals surface area contributed by atoms with Crippen LogP contribution in [0.15, 0.2) is 16.7 Å². The molecule has 6 nitrogen and oxygen atoms in total. The average Bonchev–Trinajstić information content (AvgIpc) is 2.97. The molecule has 88 valence electrons. The van der Waals surface area contributed by atoms with Crippen molar-refractivity contribution in [3.63, 3.8) is 0 Å². The van der Waals surface area contributed by atoms with Crippen LogP contribution in [0.1, 0.15) is 5.89 Å². The van der Waals surface area contributed by atoms with Crippen molar-refractivity contribution in [2.45, 2.75) is 6.54 Å². The second kappa shape index (κ2) is 3.70. The van der Waals surface area contributed by atoms with Crippen LogP contribution in [0.3, 0.4) is 0 Å². The van der Waals surface area contributed by atoms with Crippen molar-refractivity contribution in [3.05, 3.63) is 23.8 Å². The Labute approximate surface area is 95.1 Å². The fourth-order valence-electron chi connectivity index (χ4n) is 1.56. The molecular weight excluding hydrogens is 229 g/mol. The summed E-state index contributed by atoms with van der Waals surface area (Å²) in [5, 5.41) is 3.64. The van der Waals surface area contributed by atoms with Crippen molar-refractivity contribution in [2.75, 3.05) is 6.79 Å². The summed E-state index contributed by atoms with van der Waals surface area (Å²) in [5.74, 6) is 0.262. The monoisotopic (exact) mass is 237 g/mol. The molecule has 0 saturated heterocycles. The van der Waals surface area contributed by atoms with Gasteiger partial charge >= 0.3 is 0 Å². The predicted octanol–water partition coefficient (Wildman–Crippen LogP) is 1.06. The third-order valence-corrected chi connectivity index (χ3v) is 2.36. The van der Waals surface area contributed by atoms with E-state index in [1.807, 2.05) is 0 Å². The molecule has 2 heterocycles. The van der Waals surface area contributed by atoms with E-state index in [0.29, 0.717) is 5.75 Å². The fourth-order valence-corrected chi connectivity index (χ4v) is 1.56. The molecule has 0 unspecified atom stereocenters. The Bertz CT molecular complexity index is 570. The molecule has 1 aromatic heterocycles. The standard InChI is InChI=1S/C10H8FN3O3/c11-8-5(10-13-7(3-12)17-14-10)1-2-6-9(8)16-4-15-6/h1-2H,3-4,12H2. The molecule has 1 aliphatic heterocycles. The van der Waals surface area contributed by atoms with Gasteiger partial charge in [0.1, 0.15) is 0 Å². The van der Waals surface area contributed by atoms with Gasteiger partial charge in [0.2, 0.25) is 24.3 Å². The fraction of sp³-hybridized carbons (Fsp3) is 0.200. The van der Waals surface area contributed by atoms with Crippen LogP contribution in [0.2, 0.25) is 0 Å². The Hall–Kier alpha value is -2.15. The molecule has 2 N–H and O–H groups in total. The number of aromatic nitrogens is 2. The first-order valence-electron chi connectivity index (χ1n) is 4.90. The van der Waals surface area contributed by atoms with E-state index >= 15 is 0 Å². The van der Waals surface area contributed by atoms with E-state index < -0.39 is 5.82 Å². The first kappa shape index (κ1) is 10.0. The quantitative estimate of drug-likeness (QED) is 0.840. The minimum absolute atomic E-state index is 0.00992. The molecule has 2 aromatic rings. The van der Waals surface area contributed by atoms with E-state index in [0.717, 1.165) is 0 Å². The number of hydrogen-bond donors (Lipinski definition) is 1. The molecule has 0 amide bonds. The second-order valence-corrected chi connectivity index (χ2v) is 3.38. The molecule has 0 aliphatic carbocycles. The zero-order valence-corrected chi connectivity index (χ0v) is 8.64. The number of fused-ring (bicyclic) bond motifs is 1. The molecule has 3 rings (SSSR count). The van der Waals surface area contributed by atoms with E-state index in [2.05, 4.69) is 10.1 Å². The summed E-state index contributed by atoms with van der Waals surface area (Å²) in [6.07, 6.45) is 0. The summed E-state index contributed by atoms with van der Waals surface area (Å²) < 4.78 is 28.9. The maximum absolute atomic E-state index is 14.0. The van der Waals surface area contributed by atoms with Gasteiger partial charge in [0.25, 0.3) is 0 Å². The molecule has 0 spiro atoms. The molecule has 1 aromatic carbocycles. The molecule has 0 bridgehead atoms. The van der Waals surface area contributed by atoms with Gasteiger partial charge in [-0.2, -0.15) is 4.98 Å². The van der Waals surface area contributed by atoms with Gasteiger partial charge in [-0.1, -0.05) is 5.16 Å². The smallest absolute Gasteiger partial charge is 0.240 e. The van der Waals surface area contributed by atoms with Gasteiger partial charge in [0.15, 0.2) is 11.6 Å². The van der Waals surface area contributed by atoms with Crippen LogP contribution in [0.25, 0.3) is 11.4 Å². The lowest BCUT2D eigenvalue weighted by Gasteiger charge is -2.01. The van der Waals surface area contributed by atoms with E-state index in [1.54, 1.807) is 6.07 Å². The highest BCUT2D eigenvalue weighted by atomic mass is 19.1. The Morgan fingerprint density at radius 2 is 2.24 bits per heavy atom. The van der Waals surface area contributed by atoms with Crippen molar-refractivity contribution in [2.24, 2.45) is 5.73 Å². The van der Waals surface area contributed by atoms with Crippen LogP contribution in [-0.2, 0) is 6.54 Å². The summed E-state index contributed by atoms with van der Waals surface area (Å²) in [6.45, 7) is 0.120. The molecule has 1 aliphatic rings. The third kappa shape index (κ3) is 1.51. The van der Waals surface area contributed by atoms with Crippen LogP contribution in [-0.4, -0.2) is 16.9 Å². The molecule has 0 atom stereocenters. The van der Waals surface area contributed by atoms with Crippen LogP contribution in [0.5, 0.6) is 11.5 Å². The summed E-state index contributed by atoms with van der Waals surface area (Å²) in [4.78, 5) is 3.95. The number of nitrogens with zero attached hydrogens (tertiary/aromatic N) is 2. The second-order valence-electron chi connectivity index (χ2n) is 3.38. The number of hydrogen-bond acceptors (Lipinski definition) is 6. The van der Waals surface area contributed by atoms with Crippen LogP contribution in [0.4, 0.5) is 4.39 Å². The maximum atomic E-state index is 14.0. The summed E-state index contributed by atoms with van der Waals surface area (Å²) in [6, 6.07) is 3.10. The normalized spacial score (nSPS) is 13.1. The lowest BCUT2D eigenvalue weighted by molar-refractivity contribution is 0.171. The van der Waals surface area contributed by atoms with Gasteiger partial charge in [-0.3, -0.25) is 0 Å². The summed E-state index contributed by atoms with van der Waals surface area (Å²) >= 11 is 0. The van der Waals surface area contributed by atoms with Crippen LogP contribution >= 0.6 is 0 Å². The van der Waals surface area contributed by atoms with Gasteiger partial charge < -0.3 is 19.7 Å². The number of ether oxygens (including phenoxy) is 2. The Morgan fingerprint density at radius 3 is 3.00 bits per heavy atom. The van der Waals surface area contributed by atoms with Crippen LogP contribution in [0, 0.1) is 5.82 Å². The van der Waals surface area contributed by atoms with Crippen molar-refractivity contribution >= 4 is 0 Å². The predicted molar refractivity (Wildman–Crippen MR) is 53.7 cm³/mol. The highest BCUT2D eigenvalue weighted by Gasteiger charge is 2.23. The zero-order valence-electron chi connectivity index (χ0n) is 8.64. The van der Waals surface area contributed by atoms with Gasteiger partial charge in [0.05, 0.1) is 12.1 Å². The highest BCUT2D eigenvalue weighted by Crippen LogP contribution is 2.38. The number of benzene rings is 1. The van der Waals surface area contributed by atoms with E-state index in [1.165, 1.54) is 6.07 Å². The lowest BCUT2D eigenvalue weighted by Crippen LogP contribution is -1.96. The molecule has 17 heavy (non-hydrogen) atoms.